The van der Waals surface area contributed by atoms with Crippen LogP contribution in [-0.2, 0) is 14.3 Å². The van der Waals surface area contributed by atoms with E-state index >= 15 is 0 Å². The molecule has 0 aromatic heterocycles. The number of carbonyl (C=O) groups excluding carboxylic acids is 2. The lowest BCUT2D eigenvalue weighted by molar-refractivity contribution is -0.422. The largest absolute Gasteiger partial charge is 0.466 e. The normalized spacial score (nSPS) is 16.9. The highest BCUT2D eigenvalue weighted by Gasteiger charge is 2.25. The highest BCUT2D eigenvalue weighted by molar-refractivity contribution is 8.18. The zero-order chi connectivity index (χ0) is 19.3. The van der Waals surface area contributed by atoms with E-state index in [2.05, 4.69) is 20.3 Å². The number of nitro groups is 2. The van der Waals surface area contributed by atoms with Crippen LogP contribution in [0, 0.1) is 20.2 Å². The Bertz CT molecular complexity index is 893. The number of nitro benzene ring substituents is 2. The van der Waals surface area contributed by atoms with Crippen LogP contribution >= 0.6 is 11.8 Å². The smallest absolute Gasteiger partial charge is 0.346 e. The van der Waals surface area contributed by atoms with E-state index in [1.165, 1.54) is 13.2 Å². The number of methoxy groups -OCH3 is 1. The van der Waals surface area contributed by atoms with Crippen LogP contribution in [0.5, 0.6) is 0 Å². The standard InChI is InChI=1S/C13H9N5O7S/c1-25-11(19)5-10-12(20)15-13(26-10)16-14-6-7-2-3-8(17(21)22)9(4-7)18(23)24/h2-6H,1H3,(H,15,16,20)/b10-5+,14-6?. The zero-order valence-electron chi connectivity index (χ0n) is 12.9. The molecule has 0 radical (unpaired) electrons. The van der Waals surface area contributed by atoms with E-state index in [1.807, 2.05) is 0 Å². The minimum absolute atomic E-state index is 0.0665. The predicted molar refractivity (Wildman–Crippen MR) is 90.6 cm³/mol. The lowest BCUT2D eigenvalue weighted by Crippen LogP contribution is -2.19. The average molecular weight is 379 g/mol. The van der Waals surface area contributed by atoms with Gasteiger partial charge in [0.1, 0.15) is 0 Å². The Morgan fingerprint density at radius 1 is 1.27 bits per heavy atom. The number of amidine groups is 1. The van der Waals surface area contributed by atoms with E-state index in [4.69, 9.17) is 0 Å². The molecule has 134 valence electrons. The molecular weight excluding hydrogens is 370 g/mol. The van der Waals surface area contributed by atoms with Gasteiger partial charge in [0.25, 0.3) is 5.91 Å². The first kappa shape index (κ1) is 18.7. The fourth-order valence-electron chi connectivity index (χ4n) is 1.71. The quantitative estimate of drug-likeness (QED) is 0.261. The first-order valence-electron chi connectivity index (χ1n) is 6.64. The van der Waals surface area contributed by atoms with Crippen molar-refractivity contribution in [2.45, 2.75) is 0 Å². The monoisotopic (exact) mass is 379 g/mol. The predicted octanol–water partition coefficient (Wildman–Crippen LogP) is 1.11. The molecule has 12 nitrogen and oxygen atoms in total. The van der Waals surface area contributed by atoms with Gasteiger partial charge >= 0.3 is 17.3 Å². The lowest BCUT2D eigenvalue weighted by atomic mass is 10.2. The first-order valence-corrected chi connectivity index (χ1v) is 7.46. The number of thioether (sulfide) groups is 1. The number of esters is 1. The molecule has 1 N–H and O–H groups in total. The minimum Gasteiger partial charge on any atom is -0.466 e. The van der Waals surface area contributed by atoms with Gasteiger partial charge in [-0.3, -0.25) is 30.3 Å². The molecule has 1 fully saturated rings. The van der Waals surface area contributed by atoms with Crippen LogP contribution in [0.15, 0.2) is 39.4 Å². The van der Waals surface area contributed by atoms with E-state index in [-0.39, 0.29) is 15.6 Å². The second-order valence-electron chi connectivity index (χ2n) is 4.50. The zero-order valence-corrected chi connectivity index (χ0v) is 13.8. The van der Waals surface area contributed by atoms with Gasteiger partial charge in [-0.15, -0.1) is 5.10 Å². The van der Waals surface area contributed by atoms with Crippen LogP contribution in [0.1, 0.15) is 5.56 Å². The third-order valence-corrected chi connectivity index (χ3v) is 3.75. The Labute approximate surface area is 148 Å². The van der Waals surface area contributed by atoms with Crippen molar-refractivity contribution < 1.29 is 24.2 Å². The molecule has 26 heavy (non-hydrogen) atoms. The summed E-state index contributed by atoms with van der Waals surface area (Å²) in [7, 11) is 1.17. The fourth-order valence-corrected chi connectivity index (χ4v) is 2.45. The summed E-state index contributed by atoms with van der Waals surface area (Å²) in [5.74, 6) is -1.26. The molecule has 1 aliphatic heterocycles. The molecule has 1 aliphatic rings. The maximum absolute atomic E-state index is 11.6. The van der Waals surface area contributed by atoms with E-state index in [0.717, 1.165) is 36.2 Å². The molecule has 0 atom stereocenters. The van der Waals surface area contributed by atoms with Gasteiger partial charge in [0.15, 0.2) is 5.17 Å². The summed E-state index contributed by atoms with van der Waals surface area (Å²) in [6.45, 7) is 0. The summed E-state index contributed by atoms with van der Waals surface area (Å²) < 4.78 is 4.41. The van der Waals surface area contributed by atoms with Crippen molar-refractivity contribution in [3.05, 3.63) is 55.0 Å². The van der Waals surface area contributed by atoms with E-state index in [1.54, 1.807) is 0 Å². The maximum Gasteiger partial charge on any atom is 0.346 e. The van der Waals surface area contributed by atoms with Gasteiger partial charge in [0, 0.05) is 23.8 Å². The summed E-state index contributed by atoms with van der Waals surface area (Å²) in [5.41, 5.74) is -1.13. The Kier molecular flexibility index (Phi) is 5.74. The molecule has 0 spiro atoms. The Hall–Kier alpha value is -3.61. The Morgan fingerprint density at radius 2 is 1.96 bits per heavy atom. The van der Waals surface area contributed by atoms with Gasteiger partial charge in [0.05, 0.1) is 28.1 Å². The maximum atomic E-state index is 11.6. The molecule has 1 aromatic carbocycles. The summed E-state index contributed by atoms with van der Waals surface area (Å²) in [6, 6.07) is 3.22. The second-order valence-corrected chi connectivity index (χ2v) is 5.53. The number of hydrogen-bond acceptors (Lipinski definition) is 10. The minimum atomic E-state index is -0.877. The number of hydrogen-bond donors (Lipinski definition) is 1. The van der Waals surface area contributed by atoms with E-state index in [9.17, 15) is 29.8 Å². The van der Waals surface area contributed by atoms with Gasteiger partial charge in [-0.25, -0.2) is 4.79 Å². The SMILES string of the molecule is COC(=O)/C=C1/S/C(=N\N=Cc2ccc([N+](=O)[O-])c([N+](=O)[O-])c2)NC1=O. The molecule has 1 heterocycles. The number of carbonyl (C=O) groups is 2. The molecular formula is C13H9N5O7S. The third kappa shape index (κ3) is 4.47. The molecule has 2 rings (SSSR count). The first-order chi connectivity index (χ1) is 12.3. The lowest BCUT2D eigenvalue weighted by Gasteiger charge is -1.96. The van der Waals surface area contributed by atoms with Crippen molar-refractivity contribution in [2.24, 2.45) is 10.2 Å². The second kappa shape index (κ2) is 7.98. The van der Waals surface area contributed by atoms with Crippen molar-refractivity contribution in [3.8, 4) is 0 Å². The van der Waals surface area contributed by atoms with Gasteiger partial charge in [-0.05, 0) is 17.8 Å². The van der Waals surface area contributed by atoms with Gasteiger partial charge < -0.3 is 4.74 Å². The summed E-state index contributed by atoms with van der Waals surface area (Å²) in [4.78, 5) is 42.7. The summed E-state index contributed by atoms with van der Waals surface area (Å²) in [5, 5.41) is 31.4. The molecule has 0 saturated carbocycles. The number of rotatable bonds is 5. The van der Waals surface area contributed by atoms with Crippen LogP contribution in [0.2, 0.25) is 0 Å². The van der Waals surface area contributed by atoms with Gasteiger partial charge in [0.2, 0.25) is 0 Å². The molecule has 1 aromatic rings. The Balaban J connectivity index is 2.17. The Morgan fingerprint density at radius 3 is 2.58 bits per heavy atom. The summed E-state index contributed by atoms with van der Waals surface area (Å²) >= 11 is 0.850. The van der Waals surface area contributed by atoms with Gasteiger partial charge in [-0.2, -0.15) is 5.10 Å². The van der Waals surface area contributed by atoms with Crippen LogP contribution < -0.4 is 5.32 Å². The van der Waals surface area contributed by atoms with Crippen LogP contribution in [0.25, 0.3) is 0 Å². The van der Waals surface area contributed by atoms with Crippen molar-refractivity contribution >= 4 is 46.4 Å². The number of nitrogens with one attached hydrogen (secondary N) is 1. The molecule has 0 unspecified atom stereocenters. The van der Waals surface area contributed by atoms with Crippen LogP contribution in [-0.4, -0.2) is 40.2 Å². The number of nitrogens with zero attached hydrogens (tertiary/aromatic N) is 4. The van der Waals surface area contributed by atoms with Crippen LogP contribution in [0.4, 0.5) is 11.4 Å². The highest BCUT2D eigenvalue weighted by atomic mass is 32.2. The van der Waals surface area contributed by atoms with E-state index < -0.39 is 33.1 Å². The molecule has 0 aliphatic carbocycles. The topological polar surface area (TPSA) is 166 Å². The molecule has 13 heteroatoms. The van der Waals surface area contributed by atoms with Crippen molar-refractivity contribution in [3.63, 3.8) is 0 Å². The van der Waals surface area contributed by atoms with Crippen molar-refractivity contribution in [1.29, 1.82) is 0 Å². The number of ether oxygens (including phenoxy) is 1. The molecule has 0 bridgehead atoms. The average Bonchev–Trinajstić information content (AvgIpc) is 2.93. The van der Waals surface area contributed by atoms with Crippen LogP contribution in [0.3, 0.4) is 0 Å². The molecule has 1 saturated heterocycles. The third-order valence-electron chi connectivity index (χ3n) is 2.85. The van der Waals surface area contributed by atoms with E-state index in [0.29, 0.717) is 0 Å². The number of benzene rings is 1. The highest BCUT2D eigenvalue weighted by Crippen LogP contribution is 2.27. The number of amides is 1. The fraction of sp³-hybridized carbons (Fsp3) is 0.0769. The van der Waals surface area contributed by atoms with Gasteiger partial charge in [-0.1, -0.05) is 0 Å². The summed E-state index contributed by atoms with van der Waals surface area (Å²) in [6.07, 6.45) is 2.12. The van der Waals surface area contributed by atoms with Crippen molar-refractivity contribution in [1.82, 2.24) is 5.32 Å². The van der Waals surface area contributed by atoms with Crippen molar-refractivity contribution in [2.75, 3.05) is 7.11 Å². The molecule has 1 amide bonds.